The van der Waals surface area contributed by atoms with E-state index >= 15 is 0 Å². The molecular weight excluding hydrogens is 547 g/mol. The van der Waals surface area contributed by atoms with E-state index in [0.29, 0.717) is 28.0 Å². The first-order valence-corrected chi connectivity index (χ1v) is 13.8. The summed E-state index contributed by atoms with van der Waals surface area (Å²) < 4.78 is 26.4. The molecule has 1 amide bonds. The predicted molar refractivity (Wildman–Crippen MR) is 167 cm³/mol. The number of methoxy groups -OCH3 is 1. The second-order valence-corrected chi connectivity index (χ2v) is 10.3. The van der Waals surface area contributed by atoms with Crippen molar-refractivity contribution in [2.45, 2.75) is 26.7 Å². The molecule has 0 bridgehead atoms. The molecule has 0 aliphatic rings. The van der Waals surface area contributed by atoms with Crippen LogP contribution in [-0.2, 0) is 4.79 Å². The minimum Gasteiger partial charge on any atom is -0.496 e. The lowest BCUT2D eigenvalue weighted by molar-refractivity contribution is -0.118. The highest BCUT2D eigenvalue weighted by atomic mass is 19.1. The molecule has 0 aliphatic carbocycles. The Morgan fingerprint density at radius 1 is 1.05 bits per heavy atom. The van der Waals surface area contributed by atoms with Gasteiger partial charge in [0.1, 0.15) is 17.3 Å². The van der Waals surface area contributed by atoms with Crippen molar-refractivity contribution in [1.82, 2.24) is 9.66 Å². The fourth-order valence-electron chi connectivity index (χ4n) is 4.68. The predicted octanol–water partition coefficient (Wildman–Crippen LogP) is 6.54. The van der Waals surface area contributed by atoms with E-state index in [9.17, 15) is 14.0 Å². The molecule has 1 aromatic heterocycles. The third kappa shape index (κ3) is 6.46. The molecule has 0 radical (unpaired) electrons. The number of amides is 1. The first-order chi connectivity index (χ1) is 20.7. The fraction of sp³-hybridized carbons (Fsp3) is 0.176. The van der Waals surface area contributed by atoms with E-state index in [4.69, 9.17) is 14.5 Å². The molecule has 5 rings (SSSR count). The number of fused-ring (bicyclic) bond motifs is 1. The van der Waals surface area contributed by atoms with Crippen molar-refractivity contribution in [1.29, 1.82) is 0 Å². The lowest BCUT2D eigenvalue weighted by Gasteiger charge is -2.17. The van der Waals surface area contributed by atoms with Crippen LogP contribution in [0.1, 0.15) is 36.5 Å². The smallest absolute Gasteiger partial charge is 0.282 e. The number of nitrogens with one attached hydrogen (secondary N) is 1. The van der Waals surface area contributed by atoms with Gasteiger partial charge in [-0.1, -0.05) is 50.2 Å². The van der Waals surface area contributed by atoms with Gasteiger partial charge in [-0.2, -0.15) is 9.78 Å². The van der Waals surface area contributed by atoms with Gasteiger partial charge in [-0.05, 0) is 78.1 Å². The molecule has 0 atom stereocenters. The molecule has 0 spiro atoms. The minimum atomic E-state index is -0.530. The van der Waals surface area contributed by atoms with Crippen LogP contribution in [0, 0.1) is 12.7 Å². The Hall–Kier alpha value is -5.31. The van der Waals surface area contributed by atoms with Crippen LogP contribution in [0.2, 0.25) is 0 Å². The number of hydrogen-bond acceptors (Lipinski definition) is 6. The molecule has 1 heterocycles. The average molecular weight is 579 g/mol. The van der Waals surface area contributed by atoms with Gasteiger partial charge in [0.25, 0.3) is 11.5 Å². The molecule has 0 saturated heterocycles. The Morgan fingerprint density at radius 2 is 1.81 bits per heavy atom. The lowest BCUT2D eigenvalue weighted by atomic mass is 9.96. The van der Waals surface area contributed by atoms with Crippen LogP contribution >= 0.6 is 0 Å². The molecule has 1 N–H and O–H groups in total. The number of aromatic nitrogens is 2. The molecule has 218 valence electrons. The van der Waals surface area contributed by atoms with Crippen LogP contribution in [0.4, 0.5) is 10.1 Å². The molecule has 8 nitrogen and oxygen atoms in total. The van der Waals surface area contributed by atoms with Gasteiger partial charge in [0.05, 0.1) is 29.9 Å². The van der Waals surface area contributed by atoms with Crippen molar-refractivity contribution in [3.05, 3.63) is 118 Å². The van der Waals surface area contributed by atoms with Gasteiger partial charge in [0, 0.05) is 5.56 Å². The largest absolute Gasteiger partial charge is 0.496 e. The Kier molecular flexibility index (Phi) is 8.61. The summed E-state index contributed by atoms with van der Waals surface area (Å²) in [6.07, 6.45) is 1.54. The van der Waals surface area contributed by atoms with Crippen molar-refractivity contribution in [3.8, 4) is 22.9 Å². The van der Waals surface area contributed by atoms with E-state index in [1.54, 1.807) is 61.7 Å². The number of rotatable bonds is 9. The number of anilines is 1. The monoisotopic (exact) mass is 578 g/mol. The molecule has 43 heavy (non-hydrogen) atoms. The van der Waals surface area contributed by atoms with Crippen LogP contribution in [0.5, 0.6) is 11.5 Å². The maximum Gasteiger partial charge on any atom is 0.282 e. The third-order valence-corrected chi connectivity index (χ3v) is 6.89. The quantitative estimate of drug-likeness (QED) is 0.200. The molecule has 4 aromatic carbocycles. The van der Waals surface area contributed by atoms with Gasteiger partial charge < -0.3 is 14.8 Å². The molecule has 0 saturated carbocycles. The number of halogens is 1. The standard InChI is InChI=1S/C34H31FN4O4/c1-21(2)26-18-27(22(3)16-31(26)42-4)33-38-29-14-7-5-12-25(29)34(41)39(33)36-19-23-10-9-11-24(17-23)43-20-32(40)37-30-15-8-6-13-28(30)35/h5-19,21H,20H2,1-4H3,(H,37,40). The molecule has 0 unspecified atom stereocenters. The normalized spacial score (nSPS) is 11.3. The van der Waals surface area contributed by atoms with Crippen LogP contribution < -0.4 is 20.3 Å². The molecule has 0 aliphatic heterocycles. The fourth-order valence-corrected chi connectivity index (χ4v) is 4.68. The van der Waals surface area contributed by atoms with E-state index < -0.39 is 11.7 Å². The summed E-state index contributed by atoms with van der Waals surface area (Å²) in [6, 6.07) is 23.9. The van der Waals surface area contributed by atoms with Crippen molar-refractivity contribution >= 4 is 28.7 Å². The molecular formula is C34H31FN4O4. The Morgan fingerprint density at radius 3 is 2.58 bits per heavy atom. The number of carbonyl (C=O) groups is 1. The summed E-state index contributed by atoms with van der Waals surface area (Å²) in [5.41, 5.74) is 3.61. The van der Waals surface area contributed by atoms with Crippen LogP contribution in [0.25, 0.3) is 22.3 Å². The van der Waals surface area contributed by atoms with Crippen LogP contribution in [-0.4, -0.2) is 35.5 Å². The summed E-state index contributed by atoms with van der Waals surface area (Å²) in [7, 11) is 1.64. The molecule has 0 fully saturated rings. The van der Waals surface area contributed by atoms with E-state index in [0.717, 1.165) is 22.4 Å². The zero-order valence-corrected chi connectivity index (χ0v) is 24.3. The van der Waals surface area contributed by atoms with Crippen LogP contribution in [0.3, 0.4) is 0 Å². The van der Waals surface area contributed by atoms with Crippen molar-refractivity contribution in [2.75, 3.05) is 19.0 Å². The minimum absolute atomic E-state index is 0.0786. The summed E-state index contributed by atoms with van der Waals surface area (Å²) in [6.45, 7) is 5.78. The zero-order chi connectivity index (χ0) is 30.5. The van der Waals surface area contributed by atoms with Crippen molar-refractivity contribution in [2.24, 2.45) is 5.10 Å². The van der Waals surface area contributed by atoms with Gasteiger partial charge in [-0.15, -0.1) is 0 Å². The number of carbonyl (C=O) groups excluding carboxylic acids is 1. The Labute approximate surface area is 248 Å². The Balaban J connectivity index is 1.47. The van der Waals surface area contributed by atoms with E-state index in [1.165, 1.54) is 23.0 Å². The highest BCUT2D eigenvalue weighted by molar-refractivity contribution is 5.92. The van der Waals surface area contributed by atoms with E-state index in [1.807, 2.05) is 25.1 Å². The van der Waals surface area contributed by atoms with E-state index in [2.05, 4.69) is 24.3 Å². The lowest BCUT2D eigenvalue weighted by Crippen LogP contribution is -2.21. The molecule has 5 aromatic rings. The number of nitrogens with zero attached hydrogens (tertiary/aromatic N) is 3. The van der Waals surface area contributed by atoms with Crippen molar-refractivity contribution < 1.29 is 18.7 Å². The summed E-state index contributed by atoms with van der Waals surface area (Å²) >= 11 is 0. The summed E-state index contributed by atoms with van der Waals surface area (Å²) in [4.78, 5) is 30.9. The second-order valence-electron chi connectivity index (χ2n) is 10.3. The summed E-state index contributed by atoms with van der Waals surface area (Å²) in [5.74, 6) is 0.725. The third-order valence-electron chi connectivity index (χ3n) is 6.89. The topological polar surface area (TPSA) is 94.8 Å². The highest BCUT2D eigenvalue weighted by Gasteiger charge is 2.18. The zero-order valence-electron chi connectivity index (χ0n) is 24.3. The maximum atomic E-state index is 13.8. The van der Waals surface area contributed by atoms with Gasteiger partial charge in [0.2, 0.25) is 0 Å². The van der Waals surface area contributed by atoms with Gasteiger partial charge >= 0.3 is 0 Å². The van der Waals surface area contributed by atoms with E-state index in [-0.39, 0.29) is 23.8 Å². The number of benzene rings is 4. The van der Waals surface area contributed by atoms with Gasteiger partial charge in [-0.25, -0.2) is 9.37 Å². The highest BCUT2D eigenvalue weighted by Crippen LogP contribution is 2.34. The number of para-hydroxylation sites is 2. The average Bonchev–Trinajstić information content (AvgIpc) is 3.00. The second kappa shape index (κ2) is 12.7. The summed E-state index contributed by atoms with van der Waals surface area (Å²) in [5, 5.41) is 7.50. The Bertz CT molecular complexity index is 1900. The molecule has 9 heteroatoms. The van der Waals surface area contributed by atoms with Crippen LogP contribution in [0.15, 0.2) is 94.8 Å². The number of aryl methyl sites for hydroxylation is 1. The first kappa shape index (κ1) is 29.2. The van der Waals surface area contributed by atoms with Gasteiger partial charge in [-0.3, -0.25) is 9.59 Å². The number of hydrogen-bond donors (Lipinski definition) is 1. The number of ether oxygens (including phenoxy) is 2. The van der Waals surface area contributed by atoms with Gasteiger partial charge in [0.15, 0.2) is 12.4 Å². The first-order valence-electron chi connectivity index (χ1n) is 13.8. The SMILES string of the molecule is COc1cc(C)c(-c2nc3ccccc3c(=O)n2N=Cc2cccc(OCC(=O)Nc3ccccc3F)c2)cc1C(C)C. The maximum absolute atomic E-state index is 13.8. The van der Waals surface area contributed by atoms with Crippen molar-refractivity contribution in [3.63, 3.8) is 0 Å².